The molecule has 26 heavy (non-hydrogen) atoms. The molecule has 6 heteroatoms. The van der Waals surface area contributed by atoms with Crippen molar-refractivity contribution in [3.8, 4) is 5.75 Å². The average Bonchev–Trinajstić information content (AvgIpc) is 3.46. The first kappa shape index (κ1) is 20.5. The molecule has 0 atom stereocenters. The van der Waals surface area contributed by atoms with Crippen LogP contribution in [0.5, 0.6) is 5.75 Å². The van der Waals surface area contributed by atoms with Gasteiger partial charge in [0.25, 0.3) is 0 Å². The Labute approximate surface area is 156 Å². The standard InChI is InChI=1S/C20H32FN3O2/c1-3-22-20(24(2)13-15-25-16-17-6-7-17)23-12-4-5-14-26-19-10-8-18(21)9-11-19/h8-11,17H,3-7,12-16H2,1-2H3,(H,22,23). The summed E-state index contributed by atoms with van der Waals surface area (Å²) < 4.78 is 24.1. The van der Waals surface area contributed by atoms with Crippen LogP contribution in [0, 0.1) is 11.7 Å². The van der Waals surface area contributed by atoms with E-state index in [-0.39, 0.29) is 5.82 Å². The van der Waals surface area contributed by atoms with E-state index in [1.54, 1.807) is 12.1 Å². The number of ether oxygens (including phenoxy) is 2. The molecule has 0 radical (unpaired) electrons. The van der Waals surface area contributed by atoms with Crippen molar-refractivity contribution < 1.29 is 13.9 Å². The third-order valence-corrected chi connectivity index (χ3v) is 4.21. The second-order valence-corrected chi connectivity index (χ2v) is 6.68. The van der Waals surface area contributed by atoms with Crippen molar-refractivity contribution in [3.63, 3.8) is 0 Å². The third-order valence-electron chi connectivity index (χ3n) is 4.21. The highest BCUT2D eigenvalue weighted by atomic mass is 19.1. The molecule has 1 aromatic carbocycles. The van der Waals surface area contributed by atoms with Crippen molar-refractivity contribution in [1.82, 2.24) is 10.2 Å². The number of nitrogens with one attached hydrogen (secondary N) is 1. The number of halogens is 1. The van der Waals surface area contributed by atoms with Gasteiger partial charge in [-0.15, -0.1) is 0 Å². The van der Waals surface area contributed by atoms with Crippen molar-refractivity contribution in [1.29, 1.82) is 0 Å². The van der Waals surface area contributed by atoms with Crippen LogP contribution in [0.2, 0.25) is 0 Å². The molecule has 2 rings (SSSR count). The van der Waals surface area contributed by atoms with Gasteiger partial charge in [-0.3, -0.25) is 4.99 Å². The van der Waals surface area contributed by atoms with Crippen molar-refractivity contribution in [2.24, 2.45) is 10.9 Å². The van der Waals surface area contributed by atoms with Crippen LogP contribution in [0.3, 0.4) is 0 Å². The Morgan fingerprint density at radius 2 is 2.00 bits per heavy atom. The zero-order valence-corrected chi connectivity index (χ0v) is 16.0. The van der Waals surface area contributed by atoms with Gasteiger partial charge in [0, 0.05) is 33.3 Å². The van der Waals surface area contributed by atoms with Crippen LogP contribution in [0.4, 0.5) is 4.39 Å². The largest absolute Gasteiger partial charge is 0.494 e. The fraction of sp³-hybridized carbons (Fsp3) is 0.650. The lowest BCUT2D eigenvalue weighted by atomic mass is 10.3. The first-order valence-corrected chi connectivity index (χ1v) is 9.64. The van der Waals surface area contributed by atoms with Gasteiger partial charge in [-0.2, -0.15) is 0 Å². The lowest BCUT2D eigenvalue weighted by Gasteiger charge is -2.22. The van der Waals surface area contributed by atoms with Crippen LogP contribution in [0.15, 0.2) is 29.3 Å². The van der Waals surface area contributed by atoms with E-state index in [1.807, 2.05) is 7.05 Å². The summed E-state index contributed by atoms with van der Waals surface area (Å²) in [5.74, 6) is 2.18. The number of benzene rings is 1. The Morgan fingerprint density at radius 3 is 2.69 bits per heavy atom. The first-order chi connectivity index (χ1) is 12.7. The molecule has 1 aliphatic carbocycles. The zero-order valence-electron chi connectivity index (χ0n) is 16.0. The lowest BCUT2D eigenvalue weighted by molar-refractivity contribution is 0.115. The molecule has 0 bridgehead atoms. The molecular formula is C20H32FN3O2. The zero-order chi connectivity index (χ0) is 18.6. The number of rotatable bonds is 12. The fourth-order valence-corrected chi connectivity index (χ4v) is 2.43. The Kier molecular flexibility index (Phi) is 9.24. The van der Waals surface area contributed by atoms with Gasteiger partial charge in [-0.05, 0) is 62.8 Å². The minimum absolute atomic E-state index is 0.246. The smallest absolute Gasteiger partial charge is 0.193 e. The molecule has 1 aromatic rings. The van der Waals surface area contributed by atoms with E-state index in [9.17, 15) is 4.39 Å². The molecule has 1 fully saturated rings. The van der Waals surface area contributed by atoms with E-state index in [4.69, 9.17) is 9.47 Å². The molecule has 1 N–H and O–H groups in total. The summed E-state index contributed by atoms with van der Waals surface area (Å²) in [6.45, 7) is 6.76. The van der Waals surface area contributed by atoms with E-state index >= 15 is 0 Å². The van der Waals surface area contributed by atoms with Gasteiger partial charge >= 0.3 is 0 Å². The van der Waals surface area contributed by atoms with Crippen LogP contribution in [-0.2, 0) is 4.74 Å². The number of hydrogen-bond acceptors (Lipinski definition) is 3. The number of hydrogen-bond donors (Lipinski definition) is 1. The Morgan fingerprint density at radius 1 is 1.23 bits per heavy atom. The normalized spacial score (nSPS) is 14.3. The maximum absolute atomic E-state index is 12.8. The molecule has 0 heterocycles. The molecule has 0 aliphatic heterocycles. The highest BCUT2D eigenvalue weighted by Crippen LogP contribution is 2.28. The van der Waals surface area contributed by atoms with Gasteiger partial charge in [0.2, 0.25) is 0 Å². The fourth-order valence-electron chi connectivity index (χ4n) is 2.43. The predicted molar refractivity (Wildman–Crippen MR) is 103 cm³/mol. The highest BCUT2D eigenvalue weighted by molar-refractivity contribution is 5.79. The minimum Gasteiger partial charge on any atom is -0.494 e. The van der Waals surface area contributed by atoms with Crippen molar-refractivity contribution >= 4 is 5.96 Å². The van der Waals surface area contributed by atoms with Gasteiger partial charge in [-0.25, -0.2) is 4.39 Å². The van der Waals surface area contributed by atoms with E-state index < -0.39 is 0 Å². The van der Waals surface area contributed by atoms with E-state index in [2.05, 4.69) is 22.1 Å². The third kappa shape index (κ3) is 8.52. The monoisotopic (exact) mass is 365 g/mol. The summed E-state index contributed by atoms with van der Waals surface area (Å²) in [4.78, 5) is 6.78. The SMILES string of the molecule is CCNC(=NCCCCOc1ccc(F)cc1)N(C)CCOCC1CC1. The van der Waals surface area contributed by atoms with Gasteiger partial charge in [0.15, 0.2) is 5.96 Å². The van der Waals surface area contributed by atoms with Crippen LogP contribution in [0.25, 0.3) is 0 Å². The molecule has 5 nitrogen and oxygen atoms in total. The molecular weight excluding hydrogens is 333 g/mol. The van der Waals surface area contributed by atoms with Crippen LogP contribution in [-0.4, -0.2) is 57.4 Å². The Balaban J connectivity index is 1.59. The Hall–Kier alpha value is -1.82. The van der Waals surface area contributed by atoms with E-state index in [0.717, 1.165) is 57.6 Å². The van der Waals surface area contributed by atoms with Gasteiger partial charge in [-0.1, -0.05) is 0 Å². The molecule has 0 spiro atoms. The number of aliphatic imine (C=N–C) groups is 1. The molecule has 0 aromatic heterocycles. The number of nitrogens with zero attached hydrogens (tertiary/aromatic N) is 2. The topological polar surface area (TPSA) is 46.1 Å². The van der Waals surface area contributed by atoms with Crippen molar-refractivity contribution in [2.75, 3.05) is 46.5 Å². The quantitative estimate of drug-likeness (QED) is 0.351. The molecule has 146 valence electrons. The summed E-state index contributed by atoms with van der Waals surface area (Å²) in [6.07, 6.45) is 4.51. The Bertz CT molecular complexity index is 532. The number of likely N-dealkylation sites (N-methyl/N-ethyl adjacent to an activating group) is 1. The van der Waals surface area contributed by atoms with Crippen LogP contribution >= 0.6 is 0 Å². The molecule has 0 unspecified atom stereocenters. The maximum Gasteiger partial charge on any atom is 0.193 e. The van der Waals surface area contributed by atoms with E-state index in [0.29, 0.717) is 12.4 Å². The van der Waals surface area contributed by atoms with Gasteiger partial charge in [0.1, 0.15) is 11.6 Å². The molecule has 1 aliphatic rings. The second kappa shape index (κ2) is 11.7. The second-order valence-electron chi connectivity index (χ2n) is 6.68. The highest BCUT2D eigenvalue weighted by Gasteiger charge is 2.21. The lowest BCUT2D eigenvalue weighted by Crippen LogP contribution is -2.40. The summed E-state index contributed by atoms with van der Waals surface area (Å²) in [5.41, 5.74) is 0. The number of unbranched alkanes of at least 4 members (excludes halogenated alkanes) is 1. The summed E-state index contributed by atoms with van der Waals surface area (Å²) in [5, 5.41) is 3.32. The maximum atomic E-state index is 12.8. The summed E-state index contributed by atoms with van der Waals surface area (Å²) >= 11 is 0. The summed E-state index contributed by atoms with van der Waals surface area (Å²) in [7, 11) is 2.04. The molecule has 0 amide bonds. The first-order valence-electron chi connectivity index (χ1n) is 9.64. The van der Waals surface area contributed by atoms with Gasteiger partial charge in [0.05, 0.1) is 13.2 Å². The van der Waals surface area contributed by atoms with Crippen LogP contribution < -0.4 is 10.1 Å². The predicted octanol–water partition coefficient (Wildman–Crippen LogP) is 3.31. The van der Waals surface area contributed by atoms with Crippen LogP contribution in [0.1, 0.15) is 32.6 Å². The van der Waals surface area contributed by atoms with Crippen molar-refractivity contribution in [3.05, 3.63) is 30.1 Å². The number of guanidine groups is 1. The average molecular weight is 365 g/mol. The summed E-state index contributed by atoms with van der Waals surface area (Å²) in [6, 6.07) is 6.12. The van der Waals surface area contributed by atoms with E-state index in [1.165, 1.54) is 25.0 Å². The minimum atomic E-state index is -0.246. The molecule has 0 saturated heterocycles. The van der Waals surface area contributed by atoms with Gasteiger partial charge < -0.3 is 19.7 Å². The van der Waals surface area contributed by atoms with Crippen molar-refractivity contribution in [2.45, 2.75) is 32.6 Å². The molecule has 1 saturated carbocycles.